The Kier molecular flexibility index (Phi) is 8.80. The van der Waals surface area contributed by atoms with Gasteiger partial charge in [0.1, 0.15) is 24.0 Å². The van der Waals surface area contributed by atoms with E-state index in [1.807, 2.05) is 68.4 Å². The van der Waals surface area contributed by atoms with Crippen LogP contribution < -0.4 is 20.2 Å². The van der Waals surface area contributed by atoms with Crippen LogP contribution >= 0.6 is 0 Å². The third-order valence-electron chi connectivity index (χ3n) is 5.11. The summed E-state index contributed by atoms with van der Waals surface area (Å²) in [5.74, 6) is -0.559. The molecular formula is C27H29N3O4. The molecule has 0 aliphatic rings. The van der Waals surface area contributed by atoms with E-state index in [1.54, 1.807) is 31.4 Å². The molecule has 0 saturated carbocycles. The molecule has 3 rings (SSSR count). The van der Waals surface area contributed by atoms with Gasteiger partial charge in [0.05, 0.1) is 13.3 Å². The number of nitrogens with one attached hydrogen (secondary N) is 2. The van der Waals surface area contributed by atoms with E-state index in [-0.39, 0.29) is 5.92 Å². The van der Waals surface area contributed by atoms with E-state index in [2.05, 4.69) is 15.8 Å². The van der Waals surface area contributed by atoms with Gasteiger partial charge in [-0.3, -0.25) is 9.59 Å². The number of methoxy groups -OCH3 is 1. The molecule has 0 aliphatic heterocycles. The Hall–Kier alpha value is -4.13. The summed E-state index contributed by atoms with van der Waals surface area (Å²) < 4.78 is 10.9. The molecule has 0 bridgehead atoms. The molecule has 0 heterocycles. The first-order valence-electron chi connectivity index (χ1n) is 11.0. The zero-order chi connectivity index (χ0) is 24.3. The molecule has 3 aromatic rings. The van der Waals surface area contributed by atoms with Crippen molar-refractivity contribution in [3.8, 4) is 11.5 Å². The summed E-state index contributed by atoms with van der Waals surface area (Å²) in [6.45, 7) is 4.12. The Morgan fingerprint density at radius 3 is 2.15 bits per heavy atom. The molecule has 2 amide bonds. The SMILES string of the molecule is COc1ccc(NC(=O)C(C(=O)NN=Cc2ccc(OCc3ccccc3)cc2)C(C)C)cc1. The van der Waals surface area contributed by atoms with Crippen LogP contribution in [0.2, 0.25) is 0 Å². The predicted octanol–water partition coefficient (Wildman–Crippen LogP) is 4.64. The molecule has 0 aliphatic carbocycles. The smallest absolute Gasteiger partial charge is 0.252 e. The molecule has 1 unspecified atom stereocenters. The molecular weight excluding hydrogens is 430 g/mol. The molecule has 0 aromatic heterocycles. The lowest BCUT2D eigenvalue weighted by Gasteiger charge is -2.18. The number of benzene rings is 3. The lowest BCUT2D eigenvalue weighted by Crippen LogP contribution is -2.39. The van der Waals surface area contributed by atoms with Crippen LogP contribution in [0.25, 0.3) is 0 Å². The molecule has 7 nitrogen and oxygen atoms in total. The van der Waals surface area contributed by atoms with Gasteiger partial charge in [0.2, 0.25) is 5.91 Å². The number of nitrogens with zero attached hydrogens (tertiary/aromatic N) is 1. The summed E-state index contributed by atoms with van der Waals surface area (Å²) in [4.78, 5) is 25.4. The number of hydrazone groups is 1. The van der Waals surface area contributed by atoms with Crippen molar-refractivity contribution < 1.29 is 19.1 Å². The maximum absolute atomic E-state index is 12.7. The van der Waals surface area contributed by atoms with Crippen LogP contribution in [0.1, 0.15) is 25.0 Å². The van der Waals surface area contributed by atoms with Gasteiger partial charge in [-0.25, -0.2) is 5.43 Å². The molecule has 0 spiro atoms. The normalized spacial score (nSPS) is 11.8. The minimum atomic E-state index is -0.895. The zero-order valence-electron chi connectivity index (χ0n) is 19.5. The van der Waals surface area contributed by atoms with Gasteiger partial charge in [-0.05, 0) is 65.6 Å². The van der Waals surface area contributed by atoms with Crippen LogP contribution in [0, 0.1) is 11.8 Å². The Morgan fingerprint density at radius 1 is 0.882 bits per heavy atom. The standard InChI is InChI=1S/C27H29N3O4/c1-19(2)25(26(31)29-22-11-15-23(33-3)16-12-22)27(32)30-28-17-20-9-13-24(14-10-20)34-18-21-7-5-4-6-8-21/h4-17,19,25H,18H2,1-3H3,(H,29,31)(H,30,32). The molecule has 7 heteroatoms. The van der Waals surface area contributed by atoms with Gasteiger partial charge in [-0.15, -0.1) is 0 Å². The van der Waals surface area contributed by atoms with Gasteiger partial charge < -0.3 is 14.8 Å². The lowest BCUT2D eigenvalue weighted by molar-refractivity contribution is -0.134. The number of ether oxygens (including phenoxy) is 2. The number of hydrogen-bond acceptors (Lipinski definition) is 5. The van der Waals surface area contributed by atoms with Crippen LogP contribution in [0.5, 0.6) is 11.5 Å². The number of hydrogen-bond donors (Lipinski definition) is 2. The maximum atomic E-state index is 12.7. The van der Waals surface area contributed by atoms with Crippen molar-refractivity contribution in [3.05, 3.63) is 90.0 Å². The van der Waals surface area contributed by atoms with Crippen LogP contribution in [-0.2, 0) is 16.2 Å². The van der Waals surface area contributed by atoms with E-state index in [4.69, 9.17) is 9.47 Å². The Morgan fingerprint density at radius 2 is 1.53 bits per heavy atom. The Bertz CT molecular complexity index is 1090. The van der Waals surface area contributed by atoms with Gasteiger partial charge in [0.15, 0.2) is 0 Å². The number of amides is 2. The van der Waals surface area contributed by atoms with Gasteiger partial charge in [-0.1, -0.05) is 44.2 Å². The number of carbonyl (C=O) groups is 2. The first-order valence-corrected chi connectivity index (χ1v) is 11.0. The van der Waals surface area contributed by atoms with Gasteiger partial charge in [-0.2, -0.15) is 5.10 Å². The second kappa shape index (κ2) is 12.2. The largest absolute Gasteiger partial charge is 0.497 e. The Balaban J connectivity index is 1.53. The molecule has 0 fully saturated rings. The molecule has 2 N–H and O–H groups in total. The first-order chi connectivity index (χ1) is 16.5. The molecule has 3 aromatic carbocycles. The third kappa shape index (κ3) is 7.20. The number of anilines is 1. The summed E-state index contributed by atoms with van der Waals surface area (Å²) in [6, 6.07) is 24.2. The van der Waals surface area contributed by atoms with Crippen molar-refractivity contribution in [1.29, 1.82) is 0 Å². The second-order valence-corrected chi connectivity index (χ2v) is 8.02. The highest BCUT2D eigenvalue weighted by Gasteiger charge is 2.29. The van der Waals surface area contributed by atoms with Gasteiger partial charge >= 0.3 is 0 Å². The summed E-state index contributed by atoms with van der Waals surface area (Å²) in [6.07, 6.45) is 1.53. The summed E-state index contributed by atoms with van der Waals surface area (Å²) in [5.41, 5.74) is 4.94. The van der Waals surface area contributed by atoms with E-state index in [0.717, 1.165) is 16.9 Å². The fourth-order valence-corrected chi connectivity index (χ4v) is 3.25. The average Bonchev–Trinajstić information content (AvgIpc) is 2.84. The first kappa shape index (κ1) is 24.5. The molecule has 176 valence electrons. The average molecular weight is 460 g/mol. The lowest BCUT2D eigenvalue weighted by atomic mass is 9.94. The highest BCUT2D eigenvalue weighted by atomic mass is 16.5. The summed E-state index contributed by atoms with van der Waals surface area (Å²) >= 11 is 0. The summed E-state index contributed by atoms with van der Waals surface area (Å²) in [5, 5.41) is 6.79. The maximum Gasteiger partial charge on any atom is 0.252 e. The van der Waals surface area contributed by atoms with Crippen molar-refractivity contribution in [3.63, 3.8) is 0 Å². The van der Waals surface area contributed by atoms with E-state index >= 15 is 0 Å². The van der Waals surface area contributed by atoms with E-state index in [9.17, 15) is 9.59 Å². The van der Waals surface area contributed by atoms with E-state index < -0.39 is 17.7 Å². The van der Waals surface area contributed by atoms with Crippen LogP contribution in [0.4, 0.5) is 5.69 Å². The van der Waals surface area contributed by atoms with Crippen molar-refractivity contribution in [2.24, 2.45) is 16.9 Å². The minimum Gasteiger partial charge on any atom is -0.497 e. The quantitative estimate of drug-likeness (QED) is 0.263. The van der Waals surface area contributed by atoms with Gasteiger partial charge in [0, 0.05) is 5.69 Å². The van der Waals surface area contributed by atoms with Crippen molar-refractivity contribution in [2.45, 2.75) is 20.5 Å². The fourth-order valence-electron chi connectivity index (χ4n) is 3.25. The molecule has 0 radical (unpaired) electrons. The highest BCUT2D eigenvalue weighted by molar-refractivity contribution is 6.06. The van der Waals surface area contributed by atoms with E-state index in [0.29, 0.717) is 18.0 Å². The topological polar surface area (TPSA) is 89.0 Å². The van der Waals surface area contributed by atoms with Crippen molar-refractivity contribution in [2.75, 3.05) is 12.4 Å². The highest BCUT2D eigenvalue weighted by Crippen LogP contribution is 2.19. The number of rotatable bonds is 10. The van der Waals surface area contributed by atoms with Crippen LogP contribution in [0.3, 0.4) is 0 Å². The molecule has 1 atom stereocenters. The fraction of sp³-hybridized carbons (Fsp3) is 0.222. The minimum absolute atomic E-state index is 0.213. The second-order valence-electron chi connectivity index (χ2n) is 8.02. The Labute approximate surface area is 199 Å². The molecule has 34 heavy (non-hydrogen) atoms. The number of carbonyl (C=O) groups excluding carboxylic acids is 2. The predicted molar refractivity (Wildman–Crippen MR) is 133 cm³/mol. The van der Waals surface area contributed by atoms with Crippen molar-refractivity contribution in [1.82, 2.24) is 5.43 Å². The summed E-state index contributed by atoms with van der Waals surface area (Å²) in [7, 11) is 1.57. The van der Waals surface area contributed by atoms with E-state index in [1.165, 1.54) is 6.21 Å². The third-order valence-corrected chi connectivity index (χ3v) is 5.11. The van der Waals surface area contributed by atoms with Crippen LogP contribution in [-0.4, -0.2) is 25.1 Å². The van der Waals surface area contributed by atoms with Crippen LogP contribution in [0.15, 0.2) is 84.0 Å². The van der Waals surface area contributed by atoms with Gasteiger partial charge in [0.25, 0.3) is 5.91 Å². The monoisotopic (exact) mass is 459 g/mol. The zero-order valence-corrected chi connectivity index (χ0v) is 19.5. The molecule has 0 saturated heterocycles. The van der Waals surface area contributed by atoms with Crippen molar-refractivity contribution >= 4 is 23.7 Å².